The van der Waals surface area contributed by atoms with E-state index in [0.29, 0.717) is 26.4 Å². The van der Waals surface area contributed by atoms with E-state index in [1.165, 1.54) is 43.3 Å². The minimum Gasteiger partial charge on any atom is -0.493 e. The molecule has 1 aliphatic heterocycles. The second-order valence-corrected chi connectivity index (χ2v) is 8.10. The number of thiazole rings is 1. The Hall–Kier alpha value is -3.92. The van der Waals surface area contributed by atoms with Crippen LogP contribution in [0.25, 0.3) is 6.08 Å². The molecule has 170 valence electrons. The molecule has 0 spiro atoms. The molecule has 1 atom stereocenters. The van der Waals surface area contributed by atoms with Crippen LogP contribution in [0.15, 0.2) is 62.1 Å². The molecule has 0 amide bonds. The third-order valence-corrected chi connectivity index (χ3v) is 5.98. The van der Waals surface area contributed by atoms with Crippen molar-refractivity contribution in [2.24, 2.45) is 4.99 Å². The summed E-state index contributed by atoms with van der Waals surface area (Å²) in [5, 5.41) is 0. The average Bonchev–Trinajstić information content (AvgIpc) is 3.40. The molecule has 0 aliphatic carbocycles. The average molecular weight is 468 g/mol. The highest BCUT2D eigenvalue weighted by Crippen LogP contribution is 2.36. The van der Waals surface area contributed by atoms with Gasteiger partial charge in [0.15, 0.2) is 16.3 Å². The Balaban J connectivity index is 1.96. The molecular weight excluding hydrogens is 448 g/mol. The molecule has 0 fully saturated rings. The van der Waals surface area contributed by atoms with Gasteiger partial charge in [-0.3, -0.25) is 14.2 Å². The molecule has 3 aromatic rings. The van der Waals surface area contributed by atoms with E-state index < -0.39 is 18.0 Å². The molecule has 0 saturated heterocycles. The van der Waals surface area contributed by atoms with Crippen LogP contribution < -0.4 is 24.4 Å². The molecule has 4 rings (SSSR count). The van der Waals surface area contributed by atoms with Gasteiger partial charge in [0.1, 0.15) is 5.76 Å². The van der Waals surface area contributed by atoms with Gasteiger partial charge in [-0.2, -0.15) is 0 Å². The zero-order valence-electron chi connectivity index (χ0n) is 18.3. The molecule has 0 unspecified atom stereocenters. The van der Waals surface area contributed by atoms with Crippen molar-refractivity contribution in [3.8, 4) is 11.5 Å². The number of hydrogen-bond donors (Lipinski definition) is 0. The summed E-state index contributed by atoms with van der Waals surface area (Å²) in [5.74, 6) is -0.0887. The second kappa shape index (κ2) is 8.91. The predicted molar refractivity (Wildman–Crippen MR) is 119 cm³/mol. The summed E-state index contributed by atoms with van der Waals surface area (Å²) < 4.78 is 22.7. The van der Waals surface area contributed by atoms with Crippen LogP contribution in [-0.2, 0) is 14.3 Å². The number of carbonyl (C=O) groups excluding carboxylic acids is 2. The fourth-order valence-electron chi connectivity index (χ4n) is 3.60. The topological polar surface area (TPSA) is 109 Å². The van der Waals surface area contributed by atoms with Crippen LogP contribution in [0.4, 0.5) is 0 Å². The van der Waals surface area contributed by atoms with Crippen molar-refractivity contribution in [2.75, 3.05) is 14.2 Å². The van der Waals surface area contributed by atoms with Crippen LogP contribution in [0.2, 0.25) is 0 Å². The summed E-state index contributed by atoms with van der Waals surface area (Å²) in [7, 11) is 2.70. The van der Waals surface area contributed by atoms with Crippen molar-refractivity contribution < 1.29 is 28.2 Å². The van der Waals surface area contributed by atoms with E-state index in [4.69, 9.17) is 18.6 Å². The van der Waals surface area contributed by atoms with Crippen LogP contribution in [0.5, 0.6) is 11.5 Å². The number of ether oxygens (including phenoxy) is 3. The lowest BCUT2D eigenvalue weighted by Gasteiger charge is -2.25. The van der Waals surface area contributed by atoms with Crippen molar-refractivity contribution >= 4 is 29.4 Å². The van der Waals surface area contributed by atoms with Crippen LogP contribution >= 0.6 is 11.3 Å². The van der Waals surface area contributed by atoms with Gasteiger partial charge in [-0.1, -0.05) is 17.4 Å². The van der Waals surface area contributed by atoms with E-state index in [1.807, 2.05) is 0 Å². The van der Waals surface area contributed by atoms with Gasteiger partial charge in [-0.15, -0.1) is 0 Å². The SMILES string of the molecule is COC(=O)C1=C(C)N=c2s/c(=C\c3ccco3)c(=O)n2[C@@H]1c1ccc(OC(C)=O)c(OC)c1. The number of allylic oxidation sites excluding steroid dienone is 1. The Labute approximate surface area is 191 Å². The Bertz CT molecular complexity index is 1440. The molecule has 1 aromatic carbocycles. The van der Waals surface area contributed by atoms with Crippen LogP contribution in [0.3, 0.4) is 0 Å². The maximum absolute atomic E-state index is 13.4. The summed E-state index contributed by atoms with van der Waals surface area (Å²) in [6.45, 7) is 2.97. The molecule has 3 heterocycles. The monoisotopic (exact) mass is 468 g/mol. The zero-order chi connectivity index (χ0) is 23.7. The third kappa shape index (κ3) is 4.12. The van der Waals surface area contributed by atoms with Crippen molar-refractivity contribution in [3.05, 3.63) is 78.9 Å². The standard InChI is InChI=1S/C23H20N2O7S/c1-12-19(22(28)30-4)20(14-7-8-16(32-13(2)26)17(10-14)29-3)25-21(27)18(33-23(25)24-12)11-15-6-5-9-31-15/h5-11,20H,1-4H3/b18-11-/t20-/m1/s1. The highest BCUT2D eigenvalue weighted by molar-refractivity contribution is 7.07. The first-order chi connectivity index (χ1) is 15.8. The summed E-state index contributed by atoms with van der Waals surface area (Å²) in [6.07, 6.45) is 3.14. The maximum atomic E-state index is 13.4. The van der Waals surface area contributed by atoms with Gasteiger partial charge in [0.2, 0.25) is 0 Å². The number of rotatable bonds is 5. The van der Waals surface area contributed by atoms with E-state index in [1.54, 1.807) is 43.3 Å². The largest absolute Gasteiger partial charge is 0.493 e. The van der Waals surface area contributed by atoms with E-state index in [-0.39, 0.29) is 22.6 Å². The molecule has 0 radical (unpaired) electrons. The number of fused-ring (bicyclic) bond motifs is 1. The number of methoxy groups -OCH3 is 2. The van der Waals surface area contributed by atoms with Crippen molar-refractivity contribution in [1.82, 2.24) is 4.57 Å². The van der Waals surface area contributed by atoms with E-state index >= 15 is 0 Å². The number of aromatic nitrogens is 1. The first-order valence-electron chi connectivity index (χ1n) is 9.84. The van der Waals surface area contributed by atoms with Crippen molar-refractivity contribution in [2.45, 2.75) is 19.9 Å². The van der Waals surface area contributed by atoms with Crippen molar-refractivity contribution in [3.63, 3.8) is 0 Å². The van der Waals surface area contributed by atoms with Gasteiger partial charge in [0, 0.05) is 13.0 Å². The molecule has 2 aromatic heterocycles. The summed E-state index contributed by atoms with van der Waals surface area (Å²) in [6, 6.07) is 7.47. The normalized spacial score (nSPS) is 15.6. The van der Waals surface area contributed by atoms with E-state index in [0.717, 1.165) is 0 Å². The highest BCUT2D eigenvalue weighted by atomic mass is 32.1. The van der Waals surface area contributed by atoms with E-state index in [9.17, 15) is 14.4 Å². The van der Waals surface area contributed by atoms with Gasteiger partial charge in [0.25, 0.3) is 5.56 Å². The van der Waals surface area contributed by atoms with Crippen molar-refractivity contribution in [1.29, 1.82) is 0 Å². The molecule has 33 heavy (non-hydrogen) atoms. The predicted octanol–water partition coefficient (Wildman–Crippen LogP) is 1.94. The smallest absolute Gasteiger partial charge is 0.338 e. The minimum atomic E-state index is -0.826. The highest BCUT2D eigenvalue weighted by Gasteiger charge is 2.33. The lowest BCUT2D eigenvalue weighted by molar-refractivity contribution is -0.136. The molecule has 0 N–H and O–H groups in total. The lowest BCUT2D eigenvalue weighted by atomic mass is 9.95. The molecule has 9 nitrogen and oxygen atoms in total. The third-order valence-electron chi connectivity index (χ3n) is 5.00. The van der Waals surface area contributed by atoms with Gasteiger partial charge >= 0.3 is 11.9 Å². The number of carbonyl (C=O) groups is 2. The fraction of sp³-hybridized carbons (Fsp3) is 0.217. The van der Waals surface area contributed by atoms with Gasteiger partial charge in [-0.25, -0.2) is 9.79 Å². The lowest BCUT2D eigenvalue weighted by Crippen LogP contribution is -2.39. The Morgan fingerprint density at radius 2 is 2.00 bits per heavy atom. The second-order valence-electron chi connectivity index (χ2n) is 7.09. The number of furan rings is 1. The fourth-order valence-corrected chi connectivity index (χ4v) is 4.63. The van der Waals surface area contributed by atoms with E-state index in [2.05, 4.69) is 4.99 Å². The molecule has 1 aliphatic rings. The van der Waals surface area contributed by atoms with Crippen LogP contribution in [-0.4, -0.2) is 30.7 Å². The number of hydrogen-bond acceptors (Lipinski definition) is 9. The number of benzene rings is 1. The maximum Gasteiger partial charge on any atom is 0.338 e. The summed E-state index contributed by atoms with van der Waals surface area (Å²) in [5.41, 5.74) is 0.873. The molecule has 10 heteroatoms. The summed E-state index contributed by atoms with van der Waals surface area (Å²) in [4.78, 5) is 42.5. The van der Waals surface area contributed by atoms with Gasteiger partial charge < -0.3 is 18.6 Å². The van der Waals surface area contributed by atoms with Crippen LogP contribution in [0.1, 0.15) is 31.2 Å². The molecular formula is C23H20N2O7S. The molecule has 0 saturated carbocycles. The number of nitrogens with zero attached hydrogens (tertiary/aromatic N) is 2. The first-order valence-corrected chi connectivity index (χ1v) is 10.7. The quantitative estimate of drug-likeness (QED) is 0.416. The Morgan fingerprint density at radius 1 is 1.21 bits per heavy atom. The van der Waals surface area contributed by atoms with Gasteiger partial charge in [0.05, 0.1) is 42.3 Å². The first kappa shape index (κ1) is 22.3. The number of esters is 2. The Morgan fingerprint density at radius 3 is 2.64 bits per heavy atom. The van der Waals surface area contributed by atoms with Gasteiger partial charge in [-0.05, 0) is 36.8 Å². The Kier molecular flexibility index (Phi) is 6.01. The summed E-state index contributed by atoms with van der Waals surface area (Å²) >= 11 is 1.19. The minimum absolute atomic E-state index is 0.219. The van der Waals surface area contributed by atoms with Crippen LogP contribution in [0, 0.1) is 0 Å². The zero-order valence-corrected chi connectivity index (χ0v) is 19.1. The molecule has 0 bridgehead atoms.